The van der Waals surface area contributed by atoms with Crippen LogP contribution in [0, 0.1) is 10.1 Å². The van der Waals surface area contributed by atoms with E-state index in [0.29, 0.717) is 5.69 Å². The van der Waals surface area contributed by atoms with Gasteiger partial charge in [-0.15, -0.1) is 0 Å². The van der Waals surface area contributed by atoms with Crippen molar-refractivity contribution in [1.82, 2.24) is 0 Å². The number of halogens is 1. The fourth-order valence-corrected chi connectivity index (χ4v) is 3.12. The van der Waals surface area contributed by atoms with Gasteiger partial charge in [0, 0.05) is 16.2 Å². The smallest absolute Gasteiger partial charge is 0.292 e. The molecule has 108 valence electrons. The molecule has 0 aliphatic heterocycles. The van der Waals surface area contributed by atoms with Crippen LogP contribution in [-0.4, -0.2) is 4.92 Å². The number of nitrogen functional groups attached to an aromatic ring is 1. The number of anilines is 2. The molecule has 0 spiro atoms. The lowest BCUT2D eigenvalue weighted by molar-refractivity contribution is -0.384. The summed E-state index contributed by atoms with van der Waals surface area (Å²) in [7, 11) is 0. The Morgan fingerprint density at radius 2 is 2.10 bits per heavy atom. The van der Waals surface area contributed by atoms with Crippen LogP contribution in [-0.2, 0) is 6.42 Å². The molecule has 1 unspecified atom stereocenters. The quantitative estimate of drug-likeness (QED) is 0.498. The number of hydrogen-bond acceptors (Lipinski definition) is 4. The van der Waals surface area contributed by atoms with Crippen molar-refractivity contribution in [2.75, 3.05) is 11.1 Å². The van der Waals surface area contributed by atoms with E-state index in [1.165, 1.54) is 17.2 Å². The van der Waals surface area contributed by atoms with Crippen molar-refractivity contribution < 1.29 is 4.92 Å². The molecule has 3 N–H and O–H groups in total. The molecule has 0 amide bonds. The second-order valence-corrected chi connectivity index (χ2v) is 6.03. The van der Waals surface area contributed by atoms with E-state index in [2.05, 4.69) is 21.2 Å². The second kappa shape index (κ2) is 5.37. The average molecular weight is 348 g/mol. The Bertz CT molecular complexity index is 718. The van der Waals surface area contributed by atoms with Crippen LogP contribution in [0.5, 0.6) is 0 Å². The molecule has 2 aromatic rings. The summed E-state index contributed by atoms with van der Waals surface area (Å²) in [6.07, 6.45) is 1.84. The number of hydrogen-bond donors (Lipinski definition) is 2. The lowest BCUT2D eigenvalue weighted by Crippen LogP contribution is -2.09. The summed E-state index contributed by atoms with van der Waals surface area (Å²) in [6, 6.07) is 10.8. The zero-order valence-electron chi connectivity index (χ0n) is 11.2. The van der Waals surface area contributed by atoms with Gasteiger partial charge in [-0.25, -0.2) is 0 Å². The van der Waals surface area contributed by atoms with Gasteiger partial charge in [0.1, 0.15) is 5.69 Å². The maximum atomic E-state index is 11.1. The van der Waals surface area contributed by atoms with E-state index >= 15 is 0 Å². The second-order valence-electron chi connectivity index (χ2n) is 5.11. The number of nitrogens with zero attached hydrogens (tertiary/aromatic N) is 1. The Kier molecular flexibility index (Phi) is 3.55. The van der Waals surface area contributed by atoms with Crippen molar-refractivity contribution in [3.05, 3.63) is 62.1 Å². The zero-order chi connectivity index (χ0) is 15.0. The van der Waals surface area contributed by atoms with Gasteiger partial charge in [0.2, 0.25) is 0 Å². The first kappa shape index (κ1) is 13.9. The standard InChI is InChI=1S/C15H14BrN3O2/c16-10-2-6-15(19(20)21)14(8-10)18-13-5-1-9-7-11(17)3-4-12(9)13/h2-4,6-8,13,18H,1,5,17H2. The number of fused-ring (bicyclic) bond motifs is 1. The Morgan fingerprint density at radius 3 is 2.86 bits per heavy atom. The van der Waals surface area contributed by atoms with Gasteiger partial charge in [-0.2, -0.15) is 0 Å². The Hall–Kier alpha value is -2.08. The minimum Gasteiger partial charge on any atom is -0.399 e. The van der Waals surface area contributed by atoms with Gasteiger partial charge >= 0.3 is 0 Å². The predicted molar refractivity (Wildman–Crippen MR) is 86.3 cm³/mol. The third-order valence-corrected chi connectivity index (χ3v) is 4.22. The summed E-state index contributed by atoms with van der Waals surface area (Å²) >= 11 is 3.36. The summed E-state index contributed by atoms with van der Waals surface area (Å²) in [4.78, 5) is 10.8. The molecule has 1 atom stereocenters. The maximum Gasteiger partial charge on any atom is 0.292 e. The van der Waals surface area contributed by atoms with Crippen LogP contribution >= 0.6 is 15.9 Å². The number of nitrogens with two attached hydrogens (primary N) is 1. The van der Waals surface area contributed by atoms with Crippen LogP contribution in [0.3, 0.4) is 0 Å². The average Bonchev–Trinajstić information content (AvgIpc) is 2.81. The van der Waals surface area contributed by atoms with E-state index in [1.807, 2.05) is 18.2 Å². The molecule has 6 heteroatoms. The number of benzene rings is 2. The first-order valence-electron chi connectivity index (χ1n) is 6.63. The highest BCUT2D eigenvalue weighted by Gasteiger charge is 2.25. The van der Waals surface area contributed by atoms with E-state index in [-0.39, 0.29) is 16.7 Å². The molecular formula is C15H14BrN3O2. The zero-order valence-corrected chi connectivity index (χ0v) is 12.8. The van der Waals surface area contributed by atoms with Gasteiger partial charge in [0.15, 0.2) is 0 Å². The lowest BCUT2D eigenvalue weighted by atomic mass is 10.1. The molecular weight excluding hydrogens is 334 g/mol. The fourth-order valence-electron chi connectivity index (χ4n) is 2.76. The predicted octanol–water partition coefficient (Wildman–Crippen LogP) is 4.04. The number of nitro benzene ring substituents is 1. The Labute approximate surface area is 130 Å². The summed E-state index contributed by atoms with van der Waals surface area (Å²) in [6.45, 7) is 0. The Balaban J connectivity index is 1.93. The van der Waals surface area contributed by atoms with Crippen LogP contribution in [0.1, 0.15) is 23.6 Å². The highest BCUT2D eigenvalue weighted by Crippen LogP contribution is 2.37. The van der Waals surface area contributed by atoms with E-state index in [9.17, 15) is 10.1 Å². The normalized spacial score (nSPS) is 16.5. The third kappa shape index (κ3) is 2.71. The number of aryl methyl sites for hydroxylation is 1. The molecule has 0 aromatic heterocycles. The van der Waals surface area contributed by atoms with Gasteiger partial charge in [-0.05, 0) is 48.2 Å². The third-order valence-electron chi connectivity index (χ3n) is 3.73. The molecule has 0 bridgehead atoms. The topological polar surface area (TPSA) is 81.2 Å². The van der Waals surface area contributed by atoms with Crippen LogP contribution < -0.4 is 11.1 Å². The number of rotatable bonds is 3. The summed E-state index contributed by atoms with van der Waals surface area (Å²) in [5, 5.41) is 14.4. The summed E-state index contributed by atoms with van der Waals surface area (Å²) in [5.41, 5.74) is 9.54. The molecule has 0 fully saturated rings. The Morgan fingerprint density at radius 1 is 1.29 bits per heavy atom. The summed E-state index contributed by atoms with van der Waals surface area (Å²) in [5.74, 6) is 0. The molecule has 0 saturated carbocycles. The van der Waals surface area contributed by atoms with Crippen LogP contribution in [0.15, 0.2) is 40.9 Å². The van der Waals surface area contributed by atoms with E-state index in [1.54, 1.807) is 12.1 Å². The SMILES string of the molecule is Nc1ccc2c(c1)CCC2Nc1cc(Br)ccc1[N+](=O)[O-]. The van der Waals surface area contributed by atoms with Crippen LogP contribution in [0.2, 0.25) is 0 Å². The highest BCUT2D eigenvalue weighted by molar-refractivity contribution is 9.10. The molecule has 0 radical (unpaired) electrons. The van der Waals surface area contributed by atoms with Gasteiger partial charge < -0.3 is 11.1 Å². The number of nitro groups is 1. The molecule has 0 saturated heterocycles. The minimum atomic E-state index is -0.367. The van der Waals surface area contributed by atoms with Crippen molar-refractivity contribution in [1.29, 1.82) is 0 Å². The molecule has 1 aliphatic rings. The summed E-state index contributed by atoms with van der Waals surface area (Å²) < 4.78 is 0.811. The van der Waals surface area contributed by atoms with Crippen molar-refractivity contribution in [3.63, 3.8) is 0 Å². The van der Waals surface area contributed by atoms with Crippen molar-refractivity contribution in [2.24, 2.45) is 0 Å². The first-order valence-corrected chi connectivity index (χ1v) is 7.42. The first-order chi connectivity index (χ1) is 10.0. The molecule has 3 rings (SSSR count). The van der Waals surface area contributed by atoms with Gasteiger partial charge in [0.25, 0.3) is 5.69 Å². The molecule has 21 heavy (non-hydrogen) atoms. The van der Waals surface area contributed by atoms with E-state index in [4.69, 9.17) is 5.73 Å². The van der Waals surface area contributed by atoms with Gasteiger partial charge in [-0.3, -0.25) is 10.1 Å². The molecule has 5 nitrogen and oxygen atoms in total. The largest absolute Gasteiger partial charge is 0.399 e. The molecule has 0 heterocycles. The van der Waals surface area contributed by atoms with Gasteiger partial charge in [-0.1, -0.05) is 22.0 Å². The van der Waals surface area contributed by atoms with Crippen molar-refractivity contribution in [2.45, 2.75) is 18.9 Å². The maximum absolute atomic E-state index is 11.1. The monoisotopic (exact) mass is 347 g/mol. The molecule has 2 aromatic carbocycles. The van der Waals surface area contributed by atoms with E-state index in [0.717, 1.165) is 23.0 Å². The van der Waals surface area contributed by atoms with E-state index < -0.39 is 0 Å². The van der Waals surface area contributed by atoms with Crippen LogP contribution in [0.4, 0.5) is 17.1 Å². The van der Waals surface area contributed by atoms with Gasteiger partial charge in [0.05, 0.1) is 11.0 Å². The minimum absolute atomic E-state index is 0.0774. The molecule has 1 aliphatic carbocycles. The lowest BCUT2D eigenvalue weighted by Gasteiger charge is -2.16. The van der Waals surface area contributed by atoms with Crippen molar-refractivity contribution in [3.8, 4) is 0 Å². The highest BCUT2D eigenvalue weighted by atomic mass is 79.9. The fraction of sp³-hybridized carbons (Fsp3) is 0.200. The van der Waals surface area contributed by atoms with Crippen molar-refractivity contribution >= 4 is 33.0 Å². The number of nitrogens with one attached hydrogen (secondary N) is 1. The van der Waals surface area contributed by atoms with Crippen LogP contribution in [0.25, 0.3) is 0 Å².